The highest BCUT2D eigenvalue weighted by molar-refractivity contribution is 7.09. The molecular formula is C13H10ClN3OS. The lowest BCUT2D eigenvalue weighted by Gasteiger charge is -2.04. The molecule has 4 nitrogen and oxygen atoms in total. The number of hydrogen-bond donors (Lipinski definition) is 1. The van der Waals surface area contributed by atoms with Crippen molar-refractivity contribution in [3.8, 4) is 0 Å². The van der Waals surface area contributed by atoms with Crippen LogP contribution in [0, 0.1) is 0 Å². The number of carbonyl (C=O) groups excluding carboxylic acids is 1. The number of nitrogens with one attached hydrogen (secondary N) is 1. The first-order valence-electron chi connectivity index (χ1n) is 5.69. The van der Waals surface area contributed by atoms with E-state index in [0.29, 0.717) is 17.9 Å². The Labute approximate surface area is 118 Å². The summed E-state index contributed by atoms with van der Waals surface area (Å²) in [7, 11) is 0. The van der Waals surface area contributed by atoms with Crippen LogP contribution in [0.25, 0.3) is 5.65 Å². The Hall–Kier alpha value is -1.85. The van der Waals surface area contributed by atoms with Crippen molar-refractivity contribution in [3.05, 3.63) is 57.6 Å². The lowest BCUT2D eigenvalue weighted by molar-refractivity contribution is 0.0945. The number of thiophene rings is 1. The quantitative estimate of drug-likeness (QED) is 0.806. The van der Waals surface area contributed by atoms with Crippen molar-refractivity contribution < 1.29 is 4.79 Å². The van der Waals surface area contributed by atoms with Crippen LogP contribution < -0.4 is 5.32 Å². The number of hydrogen-bond acceptors (Lipinski definition) is 3. The topological polar surface area (TPSA) is 46.4 Å². The average Bonchev–Trinajstić information content (AvgIpc) is 3.02. The zero-order valence-corrected chi connectivity index (χ0v) is 11.4. The van der Waals surface area contributed by atoms with Gasteiger partial charge in [-0.05, 0) is 23.6 Å². The normalized spacial score (nSPS) is 10.8. The van der Waals surface area contributed by atoms with Crippen molar-refractivity contribution in [2.24, 2.45) is 0 Å². The van der Waals surface area contributed by atoms with Gasteiger partial charge in [-0.3, -0.25) is 9.20 Å². The second-order valence-electron chi connectivity index (χ2n) is 3.94. The molecule has 0 bridgehead atoms. The van der Waals surface area contributed by atoms with Crippen LogP contribution in [-0.4, -0.2) is 15.3 Å². The molecule has 0 radical (unpaired) electrons. The number of pyridine rings is 1. The van der Waals surface area contributed by atoms with Crippen LogP contribution in [0.2, 0.25) is 5.15 Å². The standard InChI is InChI=1S/C13H10ClN3OS/c14-12-11(17-6-2-1-5-10(17)16-12)13(18)15-8-9-4-3-7-19-9/h1-7H,8H2,(H,15,18). The van der Waals surface area contributed by atoms with Crippen LogP contribution in [0.5, 0.6) is 0 Å². The molecule has 3 aromatic heterocycles. The maximum atomic E-state index is 12.2. The molecule has 0 atom stereocenters. The van der Waals surface area contributed by atoms with Crippen molar-refractivity contribution in [1.82, 2.24) is 14.7 Å². The average molecular weight is 292 g/mol. The predicted molar refractivity (Wildman–Crippen MR) is 75.7 cm³/mol. The lowest BCUT2D eigenvalue weighted by atomic mass is 10.4. The van der Waals surface area contributed by atoms with Crippen LogP contribution in [0.1, 0.15) is 15.4 Å². The van der Waals surface area contributed by atoms with E-state index in [9.17, 15) is 4.79 Å². The van der Waals surface area contributed by atoms with Crippen LogP contribution in [0.4, 0.5) is 0 Å². The monoisotopic (exact) mass is 291 g/mol. The molecule has 6 heteroatoms. The molecule has 3 rings (SSSR count). The molecule has 0 saturated heterocycles. The third kappa shape index (κ3) is 2.34. The Morgan fingerprint density at radius 1 is 1.37 bits per heavy atom. The third-order valence-electron chi connectivity index (χ3n) is 2.71. The summed E-state index contributed by atoms with van der Waals surface area (Å²) in [5, 5.41) is 5.04. The molecule has 0 saturated carbocycles. The van der Waals surface area contributed by atoms with Gasteiger partial charge in [0.2, 0.25) is 0 Å². The largest absolute Gasteiger partial charge is 0.346 e. The third-order valence-corrected chi connectivity index (χ3v) is 3.85. The number of rotatable bonds is 3. The van der Waals surface area contributed by atoms with Gasteiger partial charge in [0.25, 0.3) is 5.91 Å². The zero-order chi connectivity index (χ0) is 13.2. The Kier molecular flexibility index (Phi) is 3.23. The van der Waals surface area contributed by atoms with Crippen LogP contribution >= 0.6 is 22.9 Å². The molecule has 0 aliphatic heterocycles. The minimum absolute atomic E-state index is 0.217. The maximum absolute atomic E-state index is 12.2. The van der Waals surface area contributed by atoms with Crippen molar-refractivity contribution in [2.75, 3.05) is 0 Å². The SMILES string of the molecule is O=C(NCc1cccs1)c1c(Cl)nc2ccccn12. The second kappa shape index (κ2) is 5.03. The Bertz CT molecular complexity index is 721. The van der Waals surface area contributed by atoms with E-state index < -0.39 is 0 Å². The Morgan fingerprint density at radius 2 is 2.26 bits per heavy atom. The fourth-order valence-electron chi connectivity index (χ4n) is 1.83. The van der Waals surface area contributed by atoms with Gasteiger partial charge in [-0.15, -0.1) is 11.3 Å². The van der Waals surface area contributed by atoms with Gasteiger partial charge >= 0.3 is 0 Å². The lowest BCUT2D eigenvalue weighted by Crippen LogP contribution is -2.24. The van der Waals surface area contributed by atoms with Crippen molar-refractivity contribution in [3.63, 3.8) is 0 Å². The van der Waals surface area contributed by atoms with Gasteiger partial charge in [0.05, 0.1) is 6.54 Å². The first kappa shape index (κ1) is 12.2. The minimum Gasteiger partial charge on any atom is -0.346 e. The summed E-state index contributed by atoms with van der Waals surface area (Å²) in [6.07, 6.45) is 1.77. The minimum atomic E-state index is -0.225. The van der Waals surface area contributed by atoms with Gasteiger partial charge in [0.1, 0.15) is 5.65 Å². The molecule has 0 spiro atoms. The highest BCUT2D eigenvalue weighted by atomic mass is 35.5. The van der Waals surface area contributed by atoms with E-state index >= 15 is 0 Å². The first-order chi connectivity index (χ1) is 9.25. The molecule has 0 fully saturated rings. The highest BCUT2D eigenvalue weighted by Crippen LogP contribution is 2.17. The number of nitrogens with zero attached hydrogens (tertiary/aromatic N) is 2. The zero-order valence-electron chi connectivity index (χ0n) is 9.84. The van der Waals surface area contributed by atoms with Gasteiger partial charge in [0, 0.05) is 11.1 Å². The Morgan fingerprint density at radius 3 is 3.05 bits per heavy atom. The summed E-state index contributed by atoms with van der Waals surface area (Å²) in [6.45, 7) is 0.493. The summed E-state index contributed by atoms with van der Waals surface area (Å²) >= 11 is 7.63. The molecule has 3 heterocycles. The van der Waals surface area contributed by atoms with Crippen LogP contribution in [0.3, 0.4) is 0 Å². The summed E-state index contributed by atoms with van der Waals surface area (Å²) in [4.78, 5) is 17.4. The molecule has 0 aliphatic carbocycles. The van der Waals surface area contributed by atoms with E-state index in [-0.39, 0.29) is 11.1 Å². The highest BCUT2D eigenvalue weighted by Gasteiger charge is 2.17. The molecule has 0 unspecified atom stereocenters. The predicted octanol–water partition coefficient (Wildman–Crippen LogP) is 2.98. The first-order valence-corrected chi connectivity index (χ1v) is 6.94. The van der Waals surface area contributed by atoms with Gasteiger partial charge in [0.15, 0.2) is 10.8 Å². The summed E-state index contributed by atoms with van der Waals surface area (Å²) < 4.78 is 1.69. The van der Waals surface area contributed by atoms with E-state index in [4.69, 9.17) is 11.6 Å². The summed E-state index contributed by atoms with van der Waals surface area (Å²) in [5.74, 6) is -0.225. The number of carbonyl (C=O) groups is 1. The van der Waals surface area contributed by atoms with Gasteiger partial charge in [-0.1, -0.05) is 23.7 Å². The molecule has 3 aromatic rings. The van der Waals surface area contributed by atoms with Gasteiger partial charge in [-0.2, -0.15) is 0 Å². The molecule has 0 aliphatic rings. The second-order valence-corrected chi connectivity index (χ2v) is 5.33. The van der Waals surface area contributed by atoms with E-state index in [2.05, 4.69) is 10.3 Å². The number of halogens is 1. The van der Waals surface area contributed by atoms with E-state index in [1.807, 2.05) is 35.7 Å². The van der Waals surface area contributed by atoms with Crippen molar-refractivity contribution >= 4 is 34.5 Å². The summed E-state index contributed by atoms with van der Waals surface area (Å²) in [5.41, 5.74) is 1.03. The van der Waals surface area contributed by atoms with E-state index in [1.54, 1.807) is 21.9 Å². The van der Waals surface area contributed by atoms with E-state index in [1.165, 1.54) is 0 Å². The fraction of sp³-hybridized carbons (Fsp3) is 0.0769. The molecule has 96 valence electrons. The number of fused-ring (bicyclic) bond motifs is 1. The number of aromatic nitrogens is 2. The van der Waals surface area contributed by atoms with Crippen LogP contribution in [0.15, 0.2) is 41.9 Å². The van der Waals surface area contributed by atoms with Crippen molar-refractivity contribution in [2.45, 2.75) is 6.54 Å². The van der Waals surface area contributed by atoms with E-state index in [0.717, 1.165) is 4.88 Å². The van der Waals surface area contributed by atoms with Gasteiger partial charge < -0.3 is 5.32 Å². The fourth-order valence-corrected chi connectivity index (χ4v) is 2.74. The smallest absolute Gasteiger partial charge is 0.271 e. The number of amides is 1. The van der Waals surface area contributed by atoms with Crippen LogP contribution in [-0.2, 0) is 6.54 Å². The molecule has 0 aromatic carbocycles. The summed E-state index contributed by atoms with van der Waals surface area (Å²) in [6, 6.07) is 9.42. The molecular weight excluding hydrogens is 282 g/mol. The molecule has 19 heavy (non-hydrogen) atoms. The molecule has 1 amide bonds. The van der Waals surface area contributed by atoms with Crippen molar-refractivity contribution in [1.29, 1.82) is 0 Å². The van der Waals surface area contributed by atoms with Gasteiger partial charge in [-0.25, -0.2) is 4.98 Å². The maximum Gasteiger partial charge on any atom is 0.271 e. The Balaban J connectivity index is 1.87. The number of imidazole rings is 1. The molecule has 1 N–H and O–H groups in total.